The van der Waals surface area contributed by atoms with E-state index in [1.54, 1.807) is 12.1 Å². The van der Waals surface area contributed by atoms with Gasteiger partial charge < -0.3 is 15.7 Å². The number of benzene rings is 1. The first-order valence-electron chi connectivity index (χ1n) is 12.5. The van der Waals surface area contributed by atoms with E-state index >= 15 is 0 Å². The van der Waals surface area contributed by atoms with E-state index in [0.717, 1.165) is 25.8 Å². The minimum atomic E-state index is -0.0598. The lowest BCUT2D eigenvalue weighted by atomic mass is 10.0. The molecular formula is C26H46N2O2. The molecular weight excluding hydrogens is 372 g/mol. The van der Waals surface area contributed by atoms with Crippen LogP contribution in [0.15, 0.2) is 24.3 Å². The van der Waals surface area contributed by atoms with Crippen LogP contribution in [0.4, 0.5) is 4.79 Å². The number of aromatic hydroxyl groups is 1. The van der Waals surface area contributed by atoms with E-state index in [9.17, 15) is 9.90 Å². The van der Waals surface area contributed by atoms with Crippen LogP contribution in [0.5, 0.6) is 5.75 Å². The van der Waals surface area contributed by atoms with Crippen molar-refractivity contribution in [3.63, 3.8) is 0 Å². The Morgan fingerprint density at radius 2 is 1.10 bits per heavy atom. The Bertz CT molecular complexity index is 516. The highest BCUT2D eigenvalue weighted by Crippen LogP contribution is 2.13. The molecule has 0 spiro atoms. The zero-order valence-electron chi connectivity index (χ0n) is 19.4. The fourth-order valence-corrected chi connectivity index (χ4v) is 3.74. The third kappa shape index (κ3) is 16.1. The third-order valence-corrected chi connectivity index (χ3v) is 5.68. The van der Waals surface area contributed by atoms with Crippen molar-refractivity contribution in [1.29, 1.82) is 0 Å². The van der Waals surface area contributed by atoms with Crippen molar-refractivity contribution >= 4 is 6.03 Å². The van der Waals surface area contributed by atoms with Crippen molar-refractivity contribution in [1.82, 2.24) is 10.6 Å². The summed E-state index contributed by atoms with van der Waals surface area (Å²) in [5.41, 5.74) is 1.18. The van der Waals surface area contributed by atoms with Gasteiger partial charge in [-0.05, 0) is 37.0 Å². The number of carbonyl (C=O) groups is 1. The quantitative estimate of drug-likeness (QED) is 0.210. The summed E-state index contributed by atoms with van der Waals surface area (Å²) in [6, 6.07) is 7.18. The number of phenols is 1. The monoisotopic (exact) mass is 418 g/mol. The molecule has 0 aliphatic carbocycles. The Hall–Kier alpha value is -1.71. The van der Waals surface area contributed by atoms with Crippen LogP contribution in [-0.2, 0) is 6.42 Å². The number of nitrogens with one attached hydrogen (secondary N) is 2. The lowest BCUT2D eigenvalue weighted by Gasteiger charge is -2.08. The summed E-state index contributed by atoms with van der Waals surface area (Å²) in [7, 11) is 0. The maximum atomic E-state index is 11.8. The van der Waals surface area contributed by atoms with Crippen LogP contribution < -0.4 is 10.6 Å². The van der Waals surface area contributed by atoms with Gasteiger partial charge in [-0.25, -0.2) is 4.79 Å². The molecule has 1 aromatic rings. The Kier molecular flexibility index (Phi) is 16.9. The molecule has 172 valence electrons. The van der Waals surface area contributed by atoms with E-state index in [1.165, 1.54) is 89.0 Å². The van der Waals surface area contributed by atoms with Crippen molar-refractivity contribution in [2.75, 3.05) is 13.1 Å². The minimum Gasteiger partial charge on any atom is -0.508 e. The Balaban J connectivity index is 1.78. The highest BCUT2D eigenvalue weighted by atomic mass is 16.3. The molecule has 0 radical (unpaired) electrons. The second kappa shape index (κ2) is 19.3. The van der Waals surface area contributed by atoms with E-state index in [2.05, 4.69) is 17.6 Å². The van der Waals surface area contributed by atoms with Gasteiger partial charge in [0.15, 0.2) is 0 Å². The van der Waals surface area contributed by atoms with E-state index in [0.29, 0.717) is 12.3 Å². The molecule has 0 aliphatic rings. The van der Waals surface area contributed by atoms with Gasteiger partial charge in [-0.3, -0.25) is 0 Å². The molecule has 1 aromatic carbocycles. The van der Waals surface area contributed by atoms with Crippen molar-refractivity contribution < 1.29 is 9.90 Å². The maximum absolute atomic E-state index is 11.8. The van der Waals surface area contributed by atoms with Crippen LogP contribution in [0.3, 0.4) is 0 Å². The van der Waals surface area contributed by atoms with Gasteiger partial charge in [0.05, 0.1) is 0 Å². The van der Waals surface area contributed by atoms with Crippen LogP contribution in [0.2, 0.25) is 0 Å². The number of hydrogen-bond acceptors (Lipinski definition) is 2. The summed E-state index contributed by atoms with van der Waals surface area (Å²) < 4.78 is 0. The summed E-state index contributed by atoms with van der Waals surface area (Å²) in [6.07, 6.45) is 20.7. The van der Waals surface area contributed by atoms with Crippen molar-refractivity contribution in [2.24, 2.45) is 0 Å². The lowest BCUT2D eigenvalue weighted by molar-refractivity contribution is 0.240. The first kappa shape index (κ1) is 26.3. The largest absolute Gasteiger partial charge is 0.508 e. The number of urea groups is 1. The number of unbranched alkanes of at least 4 members (excludes halogenated alkanes) is 13. The molecule has 0 bridgehead atoms. The highest BCUT2D eigenvalue weighted by molar-refractivity contribution is 5.73. The van der Waals surface area contributed by atoms with E-state index < -0.39 is 0 Å². The molecule has 0 saturated carbocycles. The molecule has 30 heavy (non-hydrogen) atoms. The summed E-state index contributed by atoms with van der Waals surface area (Å²) in [4.78, 5) is 11.8. The van der Waals surface area contributed by atoms with Gasteiger partial charge in [-0.15, -0.1) is 0 Å². The van der Waals surface area contributed by atoms with E-state index in [1.807, 2.05) is 12.1 Å². The number of amides is 2. The van der Waals surface area contributed by atoms with Gasteiger partial charge in [0.25, 0.3) is 0 Å². The average molecular weight is 419 g/mol. The molecule has 4 heteroatoms. The third-order valence-electron chi connectivity index (χ3n) is 5.68. The second-order valence-corrected chi connectivity index (χ2v) is 8.55. The van der Waals surface area contributed by atoms with Crippen molar-refractivity contribution in [3.05, 3.63) is 29.8 Å². The molecule has 4 nitrogen and oxygen atoms in total. The van der Waals surface area contributed by atoms with Crippen molar-refractivity contribution in [3.8, 4) is 5.75 Å². The van der Waals surface area contributed by atoms with Crippen LogP contribution in [0.1, 0.15) is 109 Å². The summed E-state index contributed by atoms with van der Waals surface area (Å²) >= 11 is 0. The molecule has 1 rings (SSSR count). The predicted octanol–water partition coefficient (Wildman–Crippen LogP) is 7.11. The van der Waals surface area contributed by atoms with Gasteiger partial charge >= 0.3 is 6.03 Å². The molecule has 0 aromatic heterocycles. The van der Waals surface area contributed by atoms with Gasteiger partial charge in [-0.1, -0.05) is 103 Å². The molecule has 0 fully saturated rings. The van der Waals surface area contributed by atoms with Gasteiger partial charge in [-0.2, -0.15) is 0 Å². The molecule has 2 amide bonds. The van der Waals surface area contributed by atoms with Gasteiger partial charge in [0.2, 0.25) is 0 Å². The molecule has 3 N–H and O–H groups in total. The van der Waals surface area contributed by atoms with Crippen LogP contribution in [-0.4, -0.2) is 24.2 Å². The van der Waals surface area contributed by atoms with Crippen LogP contribution >= 0.6 is 0 Å². The standard InChI is InChI=1S/C26H46N2O2/c1-2-3-4-5-6-7-8-9-10-11-12-13-14-15-22-27-26(30)28-23-16-17-24-18-20-25(29)21-19-24/h18-21,29H,2-17,22-23H2,1H3,(H2,27,28,30). The second-order valence-electron chi connectivity index (χ2n) is 8.55. The van der Waals surface area contributed by atoms with Crippen LogP contribution in [0.25, 0.3) is 0 Å². The normalized spacial score (nSPS) is 10.8. The molecule has 0 atom stereocenters. The van der Waals surface area contributed by atoms with Gasteiger partial charge in [0.1, 0.15) is 5.75 Å². The number of hydrogen-bond donors (Lipinski definition) is 3. The van der Waals surface area contributed by atoms with E-state index in [4.69, 9.17) is 0 Å². The fraction of sp³-hybridized carbons (Fsp3) is 0.731. The van der Waals surface area contributed by atoms with E-state index in [-0.39, 0.29) is 6.03 Å². The fourth-order valence-electron chi connectivity index (χ4n) is 3.74. The molecule has 0 saturated heterocycles. The summed E-state index contributed by atoms with van der Waals surface area (Å²) in [6.45, 7) is 3.71. The number of carbonyl (C=O) groups excluding carboxylic acids is 1. The summed E-state index contributed by atoms with van der Waals surface area (Å²) in [5, 5.41) is 15.1. The first-order valence-corrected chi connectivity index (χ1v) is 12.5. The van der Waals surface area contributed by atoms with Gasteiger partial charge in [0, 0.05) is 13.1 Å². The molecule has 0 aliphatic heterocycles. The SMILES string of the molecule is CCCCCCCCCCCCCCCCNC(=O)NCCCc1ccc(O)cc1. The number of aryl methyl sites for hydroxylation is 1. The zero-order chi connectivity index (χ0) is 21.7. The molecule has 0 heterocycles. The lowest BCUT2D eigenvalue weighted by Crippen LogP contribution is -2.36. The first-order chi connectivity index (χ1) is 14.7. The summed E-state index contributed by atoms with van der Waals surface area (Å²) in [5.74, 6) is 0.291. The smallest absolute Gasteiger partial charge is 0.314 e. The zero-order valence-corrected chi connectivity index (χ0v) is 19.4. The minimum absolute atomic E-state index is 0.0598. The number of phenolic OH excluding ortho intramolecular Hbond substituents is 1. The highest BCUT2D eigenvalue weighted by Gasteiger charge is 2.00. The van der Waals surface area contributed by atoms with Crippen LogP contribution in [0, 0.1) is 0 Å². The molecule has 0 unspecified atom stereocenters. The maximum Gasteiger partial charge on any atom is 0.314 e. The Morgan fingerprint density at radius 1 is 0.667 bits per heavy atom. The number of rotatable bonds is 19. The Labute approximate surface area is 185 Å². The topological polar surface area (TPSA) is 61.4 Å². The van der Waals surface area contributed by atoms with Crippen molar-refractivity contribution in [2.45, 2.75) is 110 Å². The predicted molar refractivity (Wildman–Crippen MR) is 128 cm³/mol. The average Bonchev–Trinajstić information content (AvgIpc) is 2.75. The Morgan fingerprint density at radius 3 is 1.60 bits per heavy atom.